The molecule has 0 fully saturated rings. The topological polar surface area (TPSA) is 119 Å². The summed E-state index contributed by atoms with van der Waals surface area (Å²) >= 11 is 0. The molecule has 0 atom stereocenters. The van der Waals surface area contributed by atoms with Crippen LogP contribution in [0.5, 0.6) is 0 Å². The summed E-state index contributed by atoms with van der Waals surface area (Å²) in [5.41, 5.74) is 2.15. The Morgan fingerprint density at radius 1 is 1.42 bits per heavy atom. The number of hydrogen-bond acceptors (Lipinski definition) is 7. The number of hydrogen-bond donors (Lipinski definition) is 3. The van der Waals surface area contributed by atoms with Gasteiger partial charge >= 0.3 is 5.69 Å². The van der Waals surface area contributed by atoms with Gasteiger partial charge in [-0.25, -0.2) is 10.8 Å². The predicted molar refractivity (Wildman–Crippen MR) is 73.8 cm³/mol. The van der Waals surface area contributed by atoms with Gasteiger partial charge in [0.1, 0.15) is 5.69 Å². The Morgan fingerprint density at radius 3 is 2.53 bits per heavy atom. The maximum Gasteiger partial charge on any atom is 0.332 e. The Labute approximate surface area is 111 Å². The highest BCUT2D eigenvalue weighted by atomic mass is 16.6. The van der Waals surface area contributed by atoms with Crippen molar-refractivity contribution in [1.29, 1.82) is 0 Å². The molecule has 0 saturated heterocycles. The molecule has 0 aliphatic heterocycles. The summed E-state index contributed by atoms with van der Waals surface area (Å²) in [6.45, 7) is 7.54. The number of aromatic nitrogens is 2. The highest BCUT2D eigenvalue weighted by Crippen LogP contribution is 2.29. The molecule has 8 heteroatoms. The normalized spacial score (nSPS) is 11.2. The van der Waals surface area contributed by atoms with E-state index in [-0.39, 0.29) is 28.7 Å². The average molecular weight is 268 g/mol. The lowest BCUT2D eigenvalue weighted by molar-refractivity contribution is -0.385. The standard InChI is InChI=1S/C11H20N6O2/c1-5-6-11(3,4)15-9-8(17(18)19)7(2)13-10(14-9)16-12/h5-6,12H2,1-4H3,(H2,13,14,15,16). The lowest BCUT2D eigenvalue weighted by Gasteiger charge is -2.26. The second-order valence-corrected chi connectivity index (χ2v) is 4.99. The lowest BCUT2D eigenvalue weighted by Crippen LogP contribution is -2.31. The summed E-state index contributed by atoms with van der Waals surface area (Å²) in [5, 5.41) is 14.2. The number of nitrogens with zero attached hydrogens (tertiary/aromatic N) is 3. The molecule has 1 rings (SSSR count). The second-order valence-electron chi connectivity index (χ2n) is 4.99. The zero-order chi connectivity index (χ0) is 14.6. The molecule has 0 saturated carbocycles. The third-order valence-corrected chi connectivity index (χ3v) is 2.70. The summed E-state index contributed by atoms with van der Waals surface area (Å²) in [6, 6.07) is 0. The molecular formula is C11H20N6O2. The number of nitrogens with two attached hydrogens (primary N) is 1. The molecule has 0 spiro atoms. The van der Waals surface area contributed by atoms with E-state index in [9.17, 15) is 10.1 Å². The van der Waals surface area contributed by atoms with E-state index in [1.807, 2.05) is 13.8 Å². The van der Waals surface area contributed by atoms with E-state index in [1.165, 1.54) is 0 Å². The van der Waals surface area contributed by atoms with Crippen LogP contribution in [0.4, 0.5) is 17.5 Å². The summed E-state index contributed by atoms with van der Waals surface area (Å²) < 4.78 is 0. The molecule has 4 N–H and O–H groups in total. The minimum atomic E-state index is -0.486. The van der Waals surface area contributed by atoms with Crippen molar-refractivity contribution in [3.05, 3.63) is 15.8 Å². The minimum absolute atomic E-state index is 0.122. The summed E-state index contributed by atoms with van der Waals surface area (Å²) in [5.74, 6) is 5.60. The van der Waals surface area contributed by atoms with E-state index in [4.69, 9.17) is 5.84 Å². The number of aryl methyl sites for hydroxylation is 1. The van der Waals surface area contributed by atoms with Gasteiger partial charge in [-0.1, -0.05) is 13.3 Å². The number of nitro groups is 1. The van der Waals surface area contributed by atoms with Crippen molar-refractivity contribution < 1.29 is 4.92 Å². The van der Waals surface area contributed by atoms with Crippen LogP contribution in [0, 0.1) is 17.0 Å². The fourth-order valence-corrected chi connectivity index (χ4v) is 1.95. The van der Waals surface area contributed by atoms with Gasteiger partial charge < -0.3 is 5.32 Å². The molecule has 0 amide bonds. The van der Waals surface area contributed by atoms with Crippen molar-refractivity contribution in [2.45, 2.75) is 46.1 Å². The van der Waals surface area contributed by atoms with Gasteiger partial charge in [0.15, 0.2) is 0 Å². The van der Waals surface area contributed by atoms with Gasteiger partial charge in [-0.15, -0.1) is 0 Å². The van der Waals surface area contributed by atoms with E-state index < -0.39 is 4.92 Å². The first-order valence-electron chi connectivity index (χ1n) is 6.08. The number of anilines is 2. The molecule has 0 aliphatic carbocycles. The van der Waals surface area contributed by atoms with Gasteiger partial charge in [-0.3, -0.25) is 15.5 Å². The number of rotatable bonds is 6. The minimum Gasteiger partial charge on any atom is -0.359 e. The van der Waals surface area contributed by atoms with Crippen LogP contribution >= 0.6 is 0 Å². The first-order valence-corrected chi connectivity index (χ1v) is 6.08. The quantitative estimate of drug-likeness (QED) is 0.410. The van der Waals surface area contributed by atoms with Crippen molar-refractivity contribution in [1.82, 2.24) is 9.97 Å². The molecule has 1 aromatic heterocycles. The molecule has 0 radical (unpaired) electrons. The third-order valence-electron chi connectivity index (χ3n) is 2.70. The molecule has 0 aromatic carbocycles. The van der Waals surface area contributed by atoms with Crippen LogP contribution in [-0.2, 0) is 0 Å². The summed E-state index contributed by atoms with van der Waals surface area (Å²) in [7, 11) is 0. The first kappa shape index (κ1) is 15.1. The van der Waals surface area contributed by atoms with Crippen LogP contribution in [0.15, 0.2) is 0 Å². The first-order chi connectivity index (χ1) is 8.80. The van der Waals surface area contributed by atoms with Gasteiger partial charge in [0.05, 0.1) is 4.92 Å². The zero-order valence-electron chi connectivity index (χ0n) is 11.6. The summed E-state index contributed by atoms with van der Waals surface area (Å²) in [6.07, 6.45) is 1.82. The molecule has 1 aromatic rings. The van der Waals surface area contributed by atoms with Gasteiger partial charge in [0, 0.05) is 5.54 Å². The molecule has 106 valence electrons. The number of hydrazine groups is 1. The Kier molecular flexibility index (Phi) is 4.60. The Balaban J connectivity index is 3.23. The molecular weight excluding hydrogens is 248 g/mol. The maximum absolute atomic E-state index is 11.1. The number of nitrogens with one attached hydrogen (secondary N) is 2. The van der Waals surface area contributed by atoms with Crippen LogP contribution in [0.1, 0.15) is 39.3 Å². The van der Waals surface area contributed by atoms with E-state index in [0.717, 1.165) is 12.8 Å². The SMILES string of the molecule is CCCC(C)(C)Nc1nc(NN)nc(C)c1[N+](=O)[O-]. The highest BCUT2D eigenvalue weighted by molar-refractivity contribution is 5.61. The fourth-order valence-electron chi connectivity index (χ4n) is 1.95. The van der Waals surface area contributed by atoms with Crippen molar-refractivity contribution in [3.8, 4) is 0 Å². The molecule has 0 bridgehead atoms. The maximum atomic E-state index is 11.1. The van der Waals surface area contributed by atoms with Crippen LogP contribution in [-0.4, -0.2) is 20.4 Å². The second kappa shape index (κ2) is 5.79. The van der Waals surface area contributed by atoms with Gasteiger partial charge in [0.25, 0.3) is 0 Å². The molecule has 0 aliphatic rings. The zero-order valence-corrected chi connectivity index (χ0v) is 11.6. The lowest BCUT2D eigenvalue weighted by atomic mass is 9.99. The van der Waals surface area contributed by atoms with E-state index in [0.29, 0.717) is 0 Å². The fraction of sp³-hybridized carbons (Fsp3) is 0.636. The number of nitrogen functional groups attached to an aromatic ring is 1. The van der Waals surface area contributed by atoms with Crippen molar-refractivity contribution in [2.24, 2.45) is 5.84 Å². The van der Waals surface area contributed by atoms with Crippen LogP contribution in [0.2, 0.25) is 0 Å². The largest absolute Gasteiger partial charge is 0.359 e. The van der Waals surface area contributed by atoms with Crippen LogP contribution in [0.25, 0.3) is 0 Å². The molecule has 1 heterocycles. The predicted octanol–water partition coefficient (Wildman–Crippen LogP) is 1.97. The van der Waals surface area contributed by atoms with Crippen LogP contribution in [0.3, 0.4) is 0 Å². The Morgan fingerprint density at radius 2 is 2.05 bits per heavy atom. The van der Waals surface area contributed by atoms with Gasteiger partial charge in [-0.2, -0.15) is 4.98 Å². The summed E-state index contributed by atoms with van der Waals surface area (Å²) in [4.78, 5) is 18.6. The Bertz CT molecular complexity index is 474. The van der Waals surface area contributed by atoms with Crippen molar-refractivity contribution >= 4 is 17.5 Å². The van der Waals surface area contributed by atoms with Crippen molar-refractivity contribution in [3.63, 3.8) is 0 Å². The van der Waals surface area contributed by atoms with Crippen LogP contribution < -0.4 is 16.6 Å². The monoisotopic (exact) mass is 268 g/mol. The van der Waals surface area contributed by atoms with E-state index >= 15 is 0 Å². The highest BCUT2D eigenvalue weighted by Gasteiger charge is 2.26. The van der Waals surface area contributed by atoms with Gasteiger partial charge in [-0.05, 0) is 27.2 Å². The molecule has 19 heavy (non-hydrogen) atoms. The average Bonchev–Trinajstić information content (AvgIpc) is 2.26. The van der Waals surface area contributed by atoms with E-state index in [2.05, 4.69) is 27.6 Å². The Hall–Kier alpha value is -1.96. The molecule has 0 unspecified atom stereocenters. The van der Waals surface area contributed by atoms with E-state index in [1.54, 1.807) is 6.92 Å². The van der Waals surface area contributed by atoms with Gasteiger partial charge in [0.2, 0.25) is 11.8 Å². The third kappa shape index (κ3) is 3.75. The smallest absolute Gasteiger partial charge is 0.332 e. The van der Waals surface area contributed by atoms with Crippen molar-refractivity contribution in [2.75, 3.05) is 10.7 Å². The molecule has 8 nitrogen and oxygen atoms in total.